The first kappa shape index (κ1) is 67.7. The Morgan fingerprint density at radius 1 is 0.355 bits per heavy atom. The van der Waals surface area contributed by atoms with Gasteiger partial charge in [0.15, 0.2) is 17.1 Å². The van der Waals surface area contributed by atoms with Crippen LogP contribution >= 0.6 is 34.8 Å². The van der Waals surface area contributed by atoms with Crippen LogP contribution in [0.5, 0.6) is 69.0 Å². The fourth-order valence-electron chi connectivity index (χ4n) is 13.7. The van der Waals surface area contributed by atoms with E-state index in [1.807, 2.05) is 158 Å². The van der Waals surface area contributed by atoms with E-state index in [1.165, 1.54) is 24.3 Å². The molecule has 0 spiro atoms. The Morgan fingerprint density at radius 2 is 0.682 bits per heavy atom. The maximum Gasteiger partial charge on any atom is 0.534 e. The van der Waals surface area contributed by atoms with Crippen molar-refractivity contribution in [1.82, 2.24) is 0 Å². The average molecular weight is 1480 g/mol. The van der Waals surface area contributed by atoms with Gasteiger partial charge in [-0.2, -0.15) is 37.4 Å². The zero-order valence-electron chi connectivity index (χ0n) is 54.7. The largest absolute Gasteiger partial charge is 0.534 e. The highest BCUT2D eigenvalue weighted by Gasteiger charge is 2.49. The van der Waals surface area contributed by atoms with E-state index in [0.29, 0.717) is 82.6 Å². The summed E-state index contributed by atoms with van der Waals surface area (Å²) >= 11 is 18.2. The fraction of sp³-hybridized carbons (Fsp3) is 0.0116. The van der Waals surface area contributed by atoms with Gasteiger partial charge in [-0.25, -0.2) is 9.69 Å². The maximum absolute atomic E-state index is 12.7. The van der Waals surface area contributed by atoms with Crippen molar-refractivity contribution in [2.45, 2.75) is 5.51 Å². The molecule has 15 aromatic carbocycles. The molecule has 0 aliphatic carbocycles. The third-order valence-corrected chi connectivity index (χ3v) is 20.0. The number of benzene rings is 15. The molecule has 0 atom stereocenters. The zero-order chi connectivity index (χ0) is 74.2. The van der Waals surface area contributed by atoms with E-state index in [0.717, 1.165) is 122 Å². The van der Waals surface area contributed by atoms with Gasteiger partial charge in [-0.15, -0.1) is 0 Å². The normalized spacial score (nSPS) is 11.9. The number of nitriles is 3. The molecule has 5 aliphatic heterocycles. The number of rotatable bonds is 2. The second-order valence-electron chi connectivity index (χ2n) is 24.5. The summed E-state index contributed by atoms with van der Waals surface area (Å²) in [6.45, 7) is 14.2. The van der Waals surface area contributed by atoms with Crippen LogP contribution in [0.4, 0.5) is 24.5 Å². The number of aromatic hydroxyl groups is 1. The third kappa shape index (κ3) is 12.0. The van der Waals surface area contributed by atoms with E-state index >= 15 is 0 Å². The van der Waals surface area contributed by atoms with Gasteiger partial charge in [-0.05, 0) is 149 Å². The number of phenolic OH excluding ortho intramolecular Hbond substituents is 1. The highest BCUT2D eigenvalue weighted by molar-refractivity contribution is 7.88. The van der Waals surface area contributed by atoms with Crippen molar-refractivity contribution < 1.29 is 54.6 Å². The molecule has 1 N–H and O–H groups in total. The van der Waals surface area contributed by atoms with E-state index in [1.54, 1.807) is 60.7 Å². The van der Waals surface area contributed by atoms with Crippen LogP contribution in [-0.4, -0.2) is 19.0 Å². The third-order valence-electron chi connectivity index (χ3n) is 18.4. The van der Waals surface area contributed by atoms with Crippen LogP contribution in [0.15, 0.2) is 243 Å². The highest BCUT2D eigenvalue weighted by Crippen LogP contribution is 2.54. The lowest BCUT2D eigenvalue weighted by Crippen LogP contribution is -2.28. The summed E-state index contributed by atoms with van der Waals surface area (Å²) in [5, 5.41) is 47.6. The second kappa shape index (κ2) is 26.8. The van der Waals surface area contributed by atoms with Crippen molar-refractivity contribution in [3.05, 3.63) is 297 Å². The van der Waals surface area contributed by atoms with Crippen molar-refractivity contribution in [2.75, 3.05) is 0 Å². The lowest BCUT2D eigenvalue weighted by Gasteiger charge is -2.22. The summed E-state index contributed by atoms with van der Waals surface area (Å²) in [5.41, 5.74) is 6.77. The molecule has 21 heteroatoms. The molecular weight excluding hydrogens is 1440 g/mol. The molecule has 0 bridgehead atoms. The van der Waals surface area contributed by atoms with Crippen LogP contribution in [0, 0.1) is 47.1 Å². The summed E-state index contributed by atoms with van der Waals surface area (Å²) in [5.74, 6) is 6.56. The Labute approximate surface area is 622 Å². The first-order valence-electron chi connectivity index (χ1n) is 32.3. The van der Waals surface area contributed by atoms with Crippen LogP contribution in [0.2, 0.25) is 15.1 Å². The lowest BCUT2D eigenvalue weighted by atomic mass is 9.92. The standard InChI is InChI=1S/C18H8F3NO4S.3C17H8ClNO.C17H9NO2/c1-22-10-5-6-11-12-7-8-14(26-27(23,24)18(19,20)21)13-3-2-4-15(17(12)13)25-16(11)9-10;18-11-5-6-13-14-3-1-2-12-10(9-19)4-7-15(17(12)14)20-16(13)8-11;18-11-5-7-13-14-6-4-10(9-19)12-2-1-3-15(17(12)14)20-16(13)8-11;18-11-5-7-15-14(8-11)13-3-1-2-12-10(9-19)4-6-16(20-15)17(12)13;1-18-10-5-6-11-12-3-2-4-13-14(19)7-8-15(17(12)13)20-16(11)9-10/h2-9H;3*1-8H;2-9,19H. The van der Waals surface area contributed by atoms with E-state index in [2.05, 4.69) is 32.1 Å². The lowest BCUT2D eigenvalue weighted by molar-refractivity contribution is -0.0499. The molecule has 20 rings (SSSR count). The SMILES string of the molecule is N#Cc1ccc2c3c(cccc13)-c1cc(Cl)ccc1O2.N#Cc1ccc2c3c(cccc13)-c1ccc(Cl)cc1O2.N#Cc1ccc2c3c(cccc13)Oc1cc(Cl)ccc1-2.[C-]#[N+]c1ccc2c(c1)Oc1ccc(O)c3cccc-2c13.[C-]#[N+]c1ccc2c(c1)Oc1cccc3c(OS(=O)(=O)C(F)(F)F)ccc-2c13. The highest BCUT2D eigenvalue weighted by atomic mass is 35.5. The predicted molar refractivity (Wildman–Crippen MR) is 406 cm³/mol. The molecule has 107 heavy (non-hydrogen) atoms. The van der Waals surface area contributed by atoms with Gasteiger partial charge in [-0.1, -0.05) is 144 Å². The number of hydrogen-bond acceptors (Lipinski definition) is 12. The van der Waals surface area contributed by atoms with Gasteiger partial charge in [0.05, 0.1) is 48.0 Å². The predicted octanol–water partition coefficient (Wildman–Crippen LogP) is 25.7. The summed E-state index contributed by atoms with van der Waals surface area (Å²) < 4.78 is 94.6. The minimum atomic E-state index is -5.80. The van der Waals surface area contributed by atoms with Crippen molar-refractivity contribution in [2.24, 2.45) is 0 Å². The summed E-state index contributed by atoms with van der Waals surface area (Å²) in [6, 6.07) is 78.9. The summed E-state index contributed by atoms with van der Waals surface area (Å²) in [7, 11) is -5.80. The topological polar surface area (TPSA) is 190 Å². The molecule has 0 saturated heterocycles. The number of nitrogens with zero attached hydrogens (tertiary/aromatic N) is 5. The van der Waals surface area contributed by atoms with Crippen LogP contribution < -0.4 is 27.9 Å². The van der Waals surface area contributed by atoms with Crippen LogP contribution in [0.3, 0.4) is 0 Å². The Morgan fingerprint density at radius 3 is 1.15 bits per heavy atom. The minimum Gasteiger partial charge on any atom is -0.507 e. The van der Waals surface area contributed by atoms with Crippen molar-refractivity contribution in [3.8, 4) is 143 Å². The molecule has 0 unspecified atom stereocenters. The Hall–Kier alpha value is -13.7. The van der Waals surface area contributed by atoms with E-state index in [-0.39, 0.29) is 11.1 Å². The first-order valence-corrected chi connectivity index (χ1v) is 34.9. The molecule has 0 fully saturated rings. The number of phenols is 1. The molecule has 0 radical (unpaired) electrons. The minimum absolute atomic E-state index is 0.165. The van der Waals surface area contributed by atoms with Gasteiger partial charge in [0.1, 0.15) is 63.2 Å². The number of ether oxygens (including phenoxy) is 5. The molecular formula is C86H41Cl3F3N5O9S. The molecule has 5 heterocycles. The summed E-state index contributed by atoms with van der Waals surface area (Å²) in [4.78, 5) is 6.77. The van der Waals surface area contributed by atoms with Crippen LogP contribution in [-0.2, 0) is 10.1 Å². The number of fused-ring (bicyclic) bond motifs is 10. The van der Waals surface area contributed by atoms with E-state index in [9.17, 15) is 42.5 Å². The molecule has 0 saturated carbocycles. The second-order valence-corrected chi connectivity index (χ2v) is 27.3. The zero-order valence-corrected chi connectivity index (χ0v) is 57.8. The van der Waals surface area contributed by atoms with Crippen molar-refractivity contribution >= 4 is 110 Å². The molecule has 512 valence electrons. The number of alkyl halides is 3. The molecule has 5 aliphatic rings. The smallest absolute Gasteiger partial charge is 0.507 e. The monoisotopic (exact) mass is 1480 g/mol. The number of hydrogen-bond donors (Lipinski definition) is 1. The number of halogens is 6. The Kier molecular flexibility index (Phi) is 17.0. The van der Waals surface area contributed by atoms with Gasteiger partial charge in [-0.3, -0.25) is 0 Å². The van der Waals surface area contributed by atoms with Gasteiger partial charge in [0.25, 0.3) is 0 Å². The summed E-state index contributed by atoms with van der Waals surface area (Å²) in [6.07, 6.45) is 0. The fourth-order valence-corrected chi connectivity index (χ4v) is 14.7. The van der Waals surface area contributed by atoms with Gasteiger partial charge >= 0.3 is 15.6 Å². The van der Waals surface area contributed by atoms with Crippen molar-refractivity contribution in [1.29, 1.82) is 15.8 Å². The van der Waals surface area contributed by atoms with Crippen molar-refractivity contribution in [3.63, 3.8) is 0 Å². The van der Waals surface area contributed by atoms with Crippen LogP contribution in [0.25, 0.3) is 119 Å². The Bertz CT molecular complexity index is 6660. The van der Waals surface area contributed by atoms with Gasteiger partial charge < -0.3 is 33.0 Å². The van der Waals surface area contributed by atoms with Gasteiger partial charge in [0, 0.05) is 109 Å². The quantitative estimate of drug-likeness (QED) is 0.0981. The maximum atomic E-state index is 12.7. The van der Waals surface area contributed by atoms with Crippen LogP contribution in [0.1, 0.15) is 16.7 Å². The molecule has 15 aromatic rings. The van der Waals surface area contributed by atoms with E-state index in [4.69, 9.17) is 71.6 Å². The average Bonchev–Trinajstić information content (AvgIpc) is 0.745. The first-order chi connectivity index (χ1) is 51.8. The van der Waals surface area contributed by atoms with Gasteiger partial charge in [0.2, 0.25) is 0 Å². The Balaban J connectivity index is 0.000000103. The molecule has 0 amide bonds. The van der Waals surface area contributed by atoms with E-state index < -0.39 is 21.4 Å². The molecule has 14 nitrogen and oxygen atoms in total. The molecule has 0 aromatic heterocycles.